The monoisotopic (exact) mass is 365 g/mol. The van der Waals surface area contributed by atoms with Crippen molar-refractivity contribution in [2.45, 2.75) is 46.5 Å². The zero-order valence-corrected chi connectivity index (χ0v) is 16.2. The molecule has 0 heterocycles. The Morgan fingerprint density at radius 1 is 0.926 bits per heavy atom. The van der Waals surface area contributed by atoms with Gasteiger partial charge in [-0.15, -0.1) is 0 Å². The van der Waals surface area contributed by atoms with Crippen molar-refractivity contribution >= 4 is 23.2 Å². The number of aryl methyl sites for hydroxylation is 2. The van der Waals surface area contributed by atoms with Gasteiger partial charge in [-0.2, -0.15) is 5.10 Å². The van der Waals surface area contributed by atoms with Crippen LogP contribution in [-0.2, 0) is 9.59 Å². The first-order chi connectivity index (χ1) is 13.0. The van der Waals surface area contributed by atoms with E-state index in [0.29, 0.717) is 0 Å². The smallest absolute Gasteiger partial charge is 0.240 e. The molecule has 0 aromatic heterocycles. The summed E-state index contributed by atoms with van der Waals surface area (Å²) in [5, 5.41) is 7.12. The van der Waals surface area contributed by atoms with Crippen LogP contribution in [0.25, 0.3) is 0 Å². The van der Waals surface area contributed by atoms with Crippen LogP contribution in [0.3, 0.4) is 0 Å². The molecule has 0 spiro atoms. The lowest BCUT2D eigenvalue weighted by atomic mass is 10.1. The zero-order chi connectivity index (χ0) is 19.6. The van der Waals surface area contributed by atoms with E-state index in [1.54, 1.807) is 0 Å². The van der Waals surface area contributed by atoms with Crippen LogP contribution in [0, 0.1) is 13.8 Å². The summed E-state index contributed by atoms with van der Waals surface area (Å²) in [7, 11) is 0. The molecule has 0 aliphatic heterocycles. The Bertz CT molecular complexity index is 814. The maximum atomic E-state index is 12.1. The molecule has 0 unspecified atom stereocenters. The molecule has 0 radical (unpaired) electrons. The molecule has 5 heteroatoms. The second-order valence-corrected chi connectivity index (χ2v) is 6.58. The van der Waals surface area contributed by atoms with Crippen LogP contribution in [-0.4, -0.2) is 17.5 Å². The van der Waals surface area contributed by atoms with Crippen LogP contribution in [0.1, 0.15) is 49.3 Å². The molecule has 0 fully saturated rings. The van der Waals surface area contributed by atoms with Crippen LogP contribution < -0.4 is 10.7 Å². The Balaban J connectivity index is 1.87. The highest BCUT2D eigenvalue weighted by atomic mass is 16.2. The molecule has 0 saturated carbocycles. The Morgan fingerprint density at radius 3 is 2.33 bits per heavy atom. The van der Waals surface area contributed by atoms with Crippen LogP contribution in [0.5, 0.6) is 0 Å². The first-order valence-corrected chi connectivity index (χ1v) is 9.27. The van der Waals surface area contributed by atoms with E-state index in [1.807, 2.05) is 62.4 Å². The van der Waals surface area contributed by atoms with E-state index in [9.17, 15) is 9.59 Å². The summed E-state index contributed by atoms with van der Waals surface area (Å²) in [4.78, 5) is 24.2. The predicted octanol–water partition coefficient (Wildman–Crippen LogP) is 4.34. The van der Waals surface area contributed by atoms with Gasteiger partial charge in [0.05, 0.1) is 5.71 Å². The van der Waals surface area contributed by atoms with E-state index >= 15 is 0 Å². The molecule has 0 bridgehead atoms. The van der Waals surface area contributed by atoms with Gasteiger partial charge in [-0.3, -0.25) is 9.59 Å². The average Bonchev–Trinajstić information content (AvgIpc) is 2.67. The van der Waals surface area contributed by atoms with Crippen molar-refractivity contribution in [3.8, 4) is 0 Å². The van der Waals surface area contributed by atoms with Gasteiger partial charge in [0.1, 0.15) is 0 Å². The molecule has 0 aliphatic rings. The van der Waals surface area contributed by atoms with Gasteiger partial charge in [0.25, 0.3) is 0 Å². The summed E-state index contributed by atoms with van der Waals surface area (Å²) in [5.74, 6) is -0.449. The maximum Gasteiger partial charge on any atom is 0.240 e. The summed E-state index contributed by atoms with van der Waals surface area (Å²) in [6.45, 7) is 5.98. The summed E-state index contributed by atoms with van der Waals surface area (Å²) < 4.78 is 0. The number of amides is 2. The van der Waals surface area contributed by atoms with E-state index in [-0.39, 0.29) is 24.7 Å². The van der Waals surface area contributed by atoms with Crippen LogP contribution in [0.4, 0.5) is 5.69 Å². The topological polar surface area (TPSA) is 70.6 Å². The molecule has 0 saturated heterocycles. The molecule has 2 rings (SSSR count). The van der Waals surface area contributed by atoms with E-state index < -0.39 is 0 Å². The third kappa shape index (κ3) is 6.70. The zero-order valence-electron chi connectivity index (χ0n) is 16.2. The lowest BCUT2D eigenvalue weighted by Crippen LogP contribution is -2.22. The van der Waals surface area contributed by atoms with Gasteiger partial charge in [-0.1, -0.05) is 55.8 Å². The SMILES string of the molecule is CCCC(=NNC(=O)CCC(=O)Nc1cc(C)ccc1C)c1ccccc1. The Kier molecular flexibility index (Phi) is 7.74. The molecular weight excluding hydrogens is 338 g/mol. The van der Waals surface area contributed by atoms with Crippen LogP contribution >= 0.6 is 0 Å². The number of hydrogen-bond acceptors (Lipinski definition) is 3. The van der Waals surface area contributed by atoms with Crippen molar-refractivity contribution in [3.63, 3.8) is 0 Å². The molecule has 0 aliphatic carbocycles. The normalized spacial score (nSPS) is 11.1. The first kappa shape index (κ1) is 20.4. The minimum Gasteiger partial charge on any atom is -0.326 e. The maximum absolute atomic E-state index is 12.1. The summed E-state index contributed by atoms with van der Waals surface area (Å²) >= 11 is 0. The van der Waals surface area contributed by atoms with Gasteiger partial charge in [0.15, 0.2) is 0 Å². The van der Waals surface area contributed by atoms with E-state index in [4.69, 9.17) is 0 Å². The van der Waals surface area contributed by atoms with Crippen molar-refractivity contribution < 1.29 is 9.59 Å². The van der Waals surface area contributed by atoms with Gasteiger partial charge in [0, 0.05) is 18.5 Å². The van der Waals surface area contributed by atoms with Gasteiger partial charge in [-0.25, -0.2) is 5.43 Å². The van der Waals surface area contributed by atoms with Crippen molar-refractivity contribution in [3.05, 3.63) is 65.2 Å². The fourth-order valence-electron chi connectivity index (χ4n) is 2.63. The third-order valence-electron chi connectivity index (χ3n) is 4.16. The molecular formula is C22H27N3O2. The molecule has 27 heavy (non-hydrogen) atoms. The van der Waals surface area contributed by atoms with Crippen molar-refractivity contribution in [1.82, 2.24) is 5.43 Å². The number of carbonyl (C=O) groups excluding carboxylic acids is 2. The quantitative estimate of drug-likeness (QED) is 0.539. The molecule has 2 aromatic carbocycles. The van der Waals surface area contributed by atoms with Gasteiger partial charge >= 0.3 is 0 Å². The lowest BCUT2D eigenvalue weighted by Gasteiger charge is -2.09. The van der Waals surface area contributed by atoms with Crippen molar-refractivity contribution in [2.75, 3.05) is 5.32 Å². The lowest BCUT2D eigenvalue weighted by molar-refractivity contribution is -0.124. The molecule has 2 N–H and O–H groups in total. The standard InChI is InChI=1S/C22H27N3O2/c1-4-8-19(18-9-6-5-7-10-18)24-25-22(27)14-13-21(26)23-20-15-16(2)11-12-17(20)3/h5-7,9-12,15H,4,8,13-14H2,1-3H3,(H,23,26)(H,25,27). The summed E-state index contributed by atoms with van der Waals surface area (Å²) in [6, 6.07) is 15.7. The highest BCUT2D eigenvalue weighted by molar-refractivity contribution is 6.01. The number of carbonyl (C=O) groups is 2. The highest BCUT2D eigenvalue weighted by Gasteiger charge is 2.09. The minimum absolute atomic E-state index is 0.0917. The molecule has 2 amide bonds. The number of benzene rings is 2. The van der Waals surface area contributed by atoms with Crippen LogP contribution in [0.2, 0.25) is 0 Å². The number of anilines is 1. The first-order valence-electron chi connectivity index (χ1n) is 9.27. The van der Waals surface area contributed by atoms with E-state index in [0.717, 1.165) is 40.9 Å². The number of nitrogens with one attached hydrogen (secondary N) is 2. The summed E-state index contributed by atoms with van der Waals surface area (Å²) in [5.41, 5.74) is 7.26. The third-order valence-corrected chi connectivity index (χ3v) is 4.16. The number of hydrazone groups is 1. The molecule has 0 atom stereocenters. The van der Waals surface area contributed by atoms with Gasteiger partial charge < -0.3 is 5.32 Å². The fraction of sp³-hybridized carbons (Fsp3) is 0.318. The molecule has 2 aromatic rings. The van der Waals surface area contributed by atoms with Gasteiger partial charge in [-0.05, 0) is 43.0 Å². The average molecular weight is 365 g/mol. The van der Waals surface area contributed by atoms with E-state index in [1.165, 1.54) is 0 Å². The number of rotatable bonds is 8. The highest BCUT2D eigenvalue weighted by Crippen LogP contribution is 2.16. The van der Waals surface area contributed by atoms with Crippen molar-refractivity contribution in [1.29, 1.82) is 0 Å². The summed E-state index contributed by atoms with van der Waals surface area (Å²) in [6.07, 6.45) is 1.91. The molecule has 5 nitrogen and oxygen atoms in total. The Hall–Kier alpha value is -2.95. The second-order valence-electron chi connectivity index (χ2n) is 6.58. The largest absolute Gasteiger partial charge is 0.326 e. The second kappa shape index (κ2) is 10.3. The Morgan fingerprint density at radius 2 is 1.63 bits per heavy atom. The van der Waals surface area contributed by atoms with Gasteiger partial charge in [0.2, 0.25) is 11.8 Å². The number of nitrogens with zero attached hydrogens (tertiary/aromatic N) is 1. The van der Waals surface area contributed by atoms with Crippen molar-refractivity contribution in [2.24, 2.45) is 5.10 Å². The minimum atomic E-state index is -0.268. The van der Waals surface area contributed by atoms with E-state index in [2.05, 4.69) is 22.8 Å². The Labute approximate surface area is 160 Å². The molecule has 142 valence electrons. The fourth-order valence-corrected chi connectivity index (χ4v) is 2.63. The number of hydrogen-bond donors (Lipinski definition) is 2. The predicted molar refractivity (Wildman–Crippen MR) is 110 cm³/mol. The van der Waals surface area contributed by atoms with Crippen LogP contribution in [0.15, 0.2) is 53.6 Å².